The van der Waals surface area contributed by atoms with Gasteiger partial charge in [0.15, 0.2) is 0 Å². The highest BCUT2D eigenvalue weighted by atomic mass is 16.6. The molecular weight excluding hydrogens is 336 g/mol. The zero-order valence-electron chi connectivity index (χ0n) is 14.9. The van der Waals surface area contributed by atoms with Crippen LogP contribution in [0.5, 0.6) is 5.75 Å². The summed E-state index contributed by atoms with van der Waals surface area (Å²) in [6.45, 7) is 3.73. The molecule has 0 atom stereocenters. The quantitative estimate of drug-likeness (QED) is 0.627. The Bertz CT molecular complexity index is 878. The van der Waals surface area contributed by atoms with Crippen molar-refractivity contribution in [1.82, 2.24) is 14.9 Å². The maximum Gasteiger partial charge on any atom is 0.270 e. The summed E-state index contributed by atoms with van der Waals surface area (Å²) in [7, 11) is 1.54. The van der Waals surface area contributed by atoms with Crippen LogP contribution in [0.4, 0.5) is 5.69 Å². The number of ether oxygens (including phenoxy) is 1. The van der Waals surface area contributed by atoms with E-state index in [2.05, 4.69) is 14.9 Å². The lowest BCUT2D eigenvalue weighted by Gasteiger charge is -2.28. The lowest BCUT2D eigenvalue weighted by atomic mass is 10.1. The molecule has 138 valence electrons. The second-order valence-electron chi connectivity index (χ2n) is 6.40. The molecule has 0 spiro atoms. The molecule has 0 saturated heterocycles. The van der Waals surface area contributed by atoms with E-state index in [1.807, 2.05) is 6.92 Å². The Morgan fingerprint density at radius 3 is 2.92 bits per heavy atom. The van der Waals surface area contributed by atoms with Gasteiger partial charge in [-0.05, 0) is 12.5 Å². The van der Waals surface area contributed by atoms with E-state index in [1.54, 1.807) is 13.2 Å². The number of rotatable bonds is 6. The first-order valence-corrected chi connectivity index (χ1v) is 8.66. The minimum absolute atomic E-state index is 0.0296. The van der Waals surface area contributed by atoms with Crippen molar-refractivity contribution in [1.29, 1.82) is 0 Å². The fraction of sp³-hybridized carbons (Fsp3) is 0.444. The SMILES string of the molecule is CCCc1nc2c(c(=O)[nH]1)CN(Cc1cc([N+](=O)[O-])ccc1OC)CC2. The minimum Gasteiger partial charge on any atom is -0.496 e. The molecule has 2 aromatic rings. The number of aromatic amines is 1. The predicted octanol–water partition coefficient (Wildman–Crippen LogP) is 2.20. The fourth-order valence-corrected chi connectivity index (χ4v) is 3.27. The molecule has 1 aliphatic heterocycles. The number of hydrogen-bond donors (Lipinski definition) is 1. The first-order chi connectivity index (χ1) is 12.5. The van der Waals surface area contributed by atoms with Crippen molar-refractivity contribution < 1.29 is 9.66 Å². The van der Waals surface area contributed by atoms with Gasteiger partial charge < -0.3 is 9.72 Å². The molecule has 26 heavy (non-hydrogen) atoms. The van der Waals surface area contributed by atoms with Gasteiger partial charge in [0, 0.05) is 50.2 Å². The van der Waals surface area contributed by atoms with Gasteiger partial charge in [-0.3, -0.25) is 19.8 Å². The Morgan fingerprint density at radius 2 is 2.23 bits per heavy atom. The number of methoxy groups -OCH3 is 1. The summed E-state index contributed by atoms with van der Waals surface area (Å²) < 4.78 is 5.33. The van der Waals surface area contributed by atoms with E-state index in [4.69, 9.17) is 4.74 Å². The van der Waals surface area contributed by atoms with Crippen molar-refractivity contribution >= 4 is 5.69 Å². The lowest BCUT2D eigenvalue weighted by molar-refractivity contribution is -0.385. The Labute approximate surface area is 151 Å². The van der Waals surface area contributed by atoms with E-state index in [9.17, 15) is 14.9 Å². The smallest absolute Gasteiger partial charge is 0.270 e. The van der Waals surface area contributed by atoms with Gasteiger partial charge in [0.25, 0.3) is 11.2 Å². The first-order valence-electron chi connectivity index (χ1n) is 8.66. The number of nitrogens with one attached hydrogen (secondary N) is 1. The summed E-state index contributed by atoms with van der Waals surface area (Å²) in [5, 5.41) is 11.0. The van der Waals surface area contributed by atoms with Crippen LogP contribution in [0, 0.1) is 10.1 Å². The second-order valence-corrected chi connectivity index (χ2v) is 6.40. The zero-order chi connectivity index (χ0) is 18.7. The van der Waals surface area contributed by atoms with Crippen LogP contribution < -0.4 is 10.3 Å². The number of H-pyrrole nitrogens is 1. The molecule has 0 fully saturated rings. The second kappa shape index (κ2) is 7.65. The molecule has 1 aromatic heterocycles. The van der Waals surface area contributed by atoms with Crippen LogP contribution in [0.2, 0.25) is 0 Å². The number of fused-ring (bicyclic) bond motifs is 1. The number of benzene rings is 1. The Morgan fingerprint density at radius 1 is 1.42 bits per heavy atom. The Hall–Kier alpha value is -2.74. The average molecular weight is 358 g/mol. The van der Waals surface area contributed by atoms with Gasteiger partial charge in [0.1, 0.15) is 11.6 Å². The van der Waals surface area contributed by atoms with Crippen LogP contribution in [0.25, 0.3) is 0 Å². The Kier molecular flexibility index (Phi) is 5.32. The third kappa shape index (κ3) is 3.75. The van der Waals surface area contributed by atoms with E-state index >= 15 is 0 Å². The molecule has 2 heterocycles. The van der Waals surface area contributed by atoms with Crippen molar-refractivity contribution in [2.75, 3.05) is 13.7 Å². The summed E-state index contributed by atoms with van der Waals surface area (Å²) in [6, 6.07) is 4.57. The van der Waals surface area contributed by atoms with Crippen molar-refractivity contribution in [3.63, 3.8) is 0 Å². The molecule has 0 unspecified atom stereocenters. The summed E-state index contributed by atoms with van der Waals surface area (Å²) >= 11 is 0. The third-order valence-corrected chi connectivity index (χ3v) is 4.55. The topological polar surface area (TPSA) is 101 Å². The highest BCUT2D eigenvalue weighted by molar-refractivity contribution is 5.43. The fourth-order valence-electron chi connectivity index (χ4n) is 3.27. The monoisotopic (exact) mass is 358 g/mol. The van der Waals surface area contributed by atoms with Crippen LogP contribution in [-0.4, -0.2) is 33.4 Å². The van der Waals surface area contributed by atoms with Gasteiger partial charge in [-0.1, -0.05) is 6.92 Å². The maximum atomic E-state index is 12.4. The van der Waals surface area contributed by atoms with E-state index in [1.165, 1.54) is 12.1 Å². The molecule has 1 aliphatic rings. The minimum atomic E-state index is -0.418. The van der Waals surface area contributed by atoms with Crippen molar-refractivity contribution in [3.05, 3.63) is 61.3 Å². The van der Waals surface area contributed by atoms with Gasteiger partial charge >= 0.3 is 0 Å². The number of nitro benzene ring substituents is 1. The highest BCUT2D eigenvalue weighted by Crippen LogP contribution is 2.26. The van der Waals surface area contributed by atoms with Crippen molar-refractivity contribution in [2.24, 2.45) is 0 Å². The predicted molar refractivity (Wildman–Crippen MR) is 96.3 cm³/mol. The molecule has 8 nitrogen and oxygen atoms in total. The van der Waals surface area contributed by atoms with Crippen LogP contribution in [0.15, 0.2) is 23.0 Å². The molecule has 0 saturated carbocycles. The summed E-state index contributed by atoms with van der Waals surface area (Å²) in [5.74, 6) is 1.34. The van der Waals surface area contributed by atoms with Crippen LogP contribution >= 0.6 is 0 Å². The van der Waals surface area contributed by atoms with E-state index in [0.29, 0.717) is 30.8 Å². The van der Waals surface area contributed by atoms with Crippen molar-refractivity contribution in [3.8, 4) is 5.75 Å². The number of aromatic nitrogens is 2. The molecular formula is C18H22N4O4. The third-order valence-electron chi connectivity index (χ3n) is 4.55. The largest absolute Gasteiger partial charge is 0.496 e. The first kappa shape index (κ1) is 18.1. The maximum absolute atomic E-state index is 12.4. The molecule has 0 radical (unpaired) electrons. The molecule has 1 aromatic carbocycles. The lowest BCUT2D eigenvalue weighted by Crippen LogP contribution is -2.35. The van der Waals surface area contributed by atoms with E-state index in [0.717, 1.165) is 36.5 Å². The van der Waals surface area contributed by atoms with Crippen LogP contribution in [0.3, 0.4) is 0 Å². The van der Waals surface area contributed by atoms with E-state index in [-0.39, 0.29) is 11.2 Å². The molecule has 0 amide bonds. The summed E-state index contributed by atoms with van der Waals surface area (Å²) in [5.41, 5.74) is 2.22. The van der Waals surface area contributed by atoms with Gasteiger partial charge in [0.05, 0.1) is 23.3 Å². The van der Waals surface area contributed by atoms with E-state index < -0.39 is 4.92 Å². The van der Waals surface area contributed by atoms with Gasteiger partial charge in [-0.2, -0.15) is 0 Å². The normalized spacial score (nSPS) is 14.1. The van der Waals surface area contributed by atoms with Gasteiger partial charge in [-0.25, -0.2) is 4.98 Å². The number of nitro groups is 1. The van der Waals surface area contributed by atoms with Crippen LogP contribution in [-0.2, 0) is 25.9 Å². The summed E-state index contributed by atoms with van der Waals surface area (Å²) in [4.78, 5) is 32.5. The number of non-ortho nitro benzene ring substituents is 1. The molecule has 8 heteroatoms. The number of aryl methyl sites for hydroxylation is 1. The van der Waals surface area contributed by atoms with Gasteiger partial charge in [-0.15, -0.1) is 0 Å². The van der Waals surface area contributed by atoms with Crippen LogP contribution in [0.1, 0.15) is 36.0 Å². The molecule has 1 N–H and O–H groups in total. The molecule has 0 aliphatic carbocycles. The number of hydrogen-bond acceptors (Lipinski definition) is 6. The average Bonchev–Trinajstić information content (AvgIpc) is 2.62. The Balaban J connectivity index is 1.83. The summed E-state index contributed by atoms with van der Waals surface area (Å²) in [6.07, 6.45) is 2.38. The standard InChI is InChI=1S/C18H22N4O4/c1-3-4-17-19-15-7-8-21(11-14(15)18(23)20-17)10-12-9-13(22(24)25)5-6-16(12)26-2/h5-6,9H,3-4,7-8,10-11H2,1-2H3,(H,19,20,23). The highest BCUT2D eigenvalue weighted by Gasteiger charge is 2.23. The zero-order valence-corrected chi connectivity index (χ0v) is 14.9. The van der Waals surface area contributed by atoms with Crippen molar-refractivity contribution in [2.45, 2.75) is 39.3 Å². The molecule has 3 rings (SSSR count). The molecule has 0 bridgehead atoms. The number of nitrogens with zero attached hydrogens (tertiary/aromatic N) is 3. The van der Waals surface area contributed by atoms with Gasteiger partial charge in [0.2, 0.25) is 0 Å².